The van der Waals surface area contributed by atoms with E-state index in [4.69, 9.17) is 5.41 Å². The molecule has 9 heteroatoms. The van der Waals surface area contributed by atoms with Gasteiger partial charge < -0.3 is 5.73 Å². The summed E-state index contributed by atoms with van der Waals surface area (Å²) in [5.74, 6) is 1.32. The first-order valence-corrected chi connectivity index (χ1v) is 13.5. The summed E-state index contributed by atoms with van der Waals surface area (Å²) in [5, 5.41) is 8.42. The van der Waals surface area contributed by atoms with E-state index in [9.17, 15) is 0 Å². The number of rotatable bonds is 8. The maximum Gasteiger partial charge on any atom is 0.231 e. The topological polar surface area (TPSA) is 141 Å². The van der Waals surface area contributed by atoms with Crippen LogP contribution in [0.25, 0.3) is 44.8 Å². The summed E-state index contributed by atoms with van der Waals surface area (Å²) in [5.41, 5.74) is 12.5. The van der Waals surface area contributed by atoms with Crippen LogP contribution in [0.3, 0.4) is 0 Å². The number of hydrogen-bond donors (Lipinski definition) is 2. The Bertz CT molecular complexity index is 1890. The third kappa shape index (κ3) is 7.10. The van der Waals surface area contributed by atoms with Crippen LogP contribution in [0.15, 0.2) is 126 Å². The van der Waals surface area contributed by atoms with E-state index in [1.807, 2.05) is 50.5 Å². The van der Waals surface area contributed by atoms with Gasteiger partial charge in [0.2, 0.25) is 5.84 Å². The normalized spacial score (nSPS) is 11.7. The molecule has 4 aromatic heterocycles. The molecular formula is C34H30N9+. The predicted molar refractivity (Wildman–Crippen MR) is 172 cm³/mol. The molecule has 0 aliphatic rings. The molecule has 0 bridgehead atoms. The summed E-state index contributed by atoms with van der Waals surface area (Å²) in [4.78, 5) is 30.8. The predicted octanol–water partition coefficient (Wildman–Crippen LogP) is 5.82. The maximum atomic E-state index is 8.42. The molecule has 0 aliphatic heterocycles. The van der Waals surface area contributed by atoms with Gasteiger partial charge >= 0.3 is 0 Å². The molecule has 1 aromatic carbocycles. The zero-order valence-corrected chi connectivity index (χ0v) is 23.9. The van der Waals surface area contributed by atoms with E-state index in [-0.39, 0.29) is 5.84 Å². The Balaban J connectivity index is 1.65. The Morgan fingerprint density at radius 3 is 1.86 bits per heavy atom. The molecule has 43 heavy (non-hydrogen) atoms. The molecule has 9 nitrogen and oxygen atoms in total. The van der Waals surface area contributed by atoms with Crippen molar-refractivity contribution >= 4 is 17.9 Å². The summed E-state index contributed by atoms with van der Waals surface area (Å²) < 4.78 is 0. The third-order valence-corrected chi connectivity index (χ3v) is 6.37. The molecule has 0 fully saturated rings. The lowest BCUT2D eigenvalue weighted by Crippen LogP contribution is -2.57. The van der Waals surface area contributed by atoms with Gasteiger partial charge in [-0.3, -0.25) is 20.4 Å². The molecule has 0 aliphatic carbocycles. The highest BCUT2D eigenvalue weighted by atomic mass is 14.9. The first kappa shape index (κ1) is 28.7. The van der Waals surface area contributed by atoms with Crippen LogP contribution in [-0.4, -0.2) is 42.8 Å². The Morgan fingerprint density at radius 1 is 0.744 bits per heavy atom. The van der Waals surface area contributed by atoms with Crippen LogP contribution < -0.4 is 5.73 Å². The van der Waals surface area contributed by atoms with E-state index >= 15 is 0 Å². The van der Waals surface area contributed by atoms with E-state index in [0.717, 1.165) is 50.1 Å². The van der Waals surface area contributed by atoms with E-state index in [1.165, 1.54) is 0 Å². The van der Waals surface area contributed by atoms with Crippen LogP contribution in [0.1, 0.15) is 25.0 Å². The van der Waals surface area contributed by atoms with Crippen LogP contribution >= 0.6 is 0 Å². The first-order valence-electron chi connectivity index (χ1n) is 13.5. The number of allylic oxidation sites excluding steroid dienone is 2. The smallest absolute Gasteiger partial charge is 0.231 e. The Labute approximate surface area is 249 Å². The molecule has 0 atom stereocenters. The number of amidine groups is 2. The minimum absolute atomic E-state index is 0.105. The summed E-state index contributed by atoms with van der Waals surface area (Å²) in [6.45, 7) is 7.57. The minimum atomic E-state index is 0.105. The van der Waals surface area contributed by atoms with E-state index < -0.39 is 0 Å². The number of nitrogens with zero attached hydrogens (tertiary/aromatic N) is 7. The van der Waals surface area contributed by atoms with E-state index in [1.54, 1.807) is 55.7 Å². The van der Waals surface area contributed by atoms with Crippen LogP contribution in [0, 0.1) is 5.41 Å². The molecule has 5 aromatic rings. The van der Waals surface area contributed by atoms with Crippen LogP contribution in [0.4, 0.5) is 0 Å². The van der Waals surface area contributed by atoms with Crippen molar-refractivity contribution in [3.8, 4) is 44.8 Å². The molecule has 0 saturated carbocycles. The lowest BCUT2D eigenvalue weighted by atomic mass is 9.93. The SMILES string of the molecule is C=C(C)C=NC(=N)c1cncc(-c2cc(-c3cncc(C([NH3+])=NC=CC)c3)cc(-c3cncc(-c4ncccn4)c3)c2)c1. The number of pyridine rings is 3. The zero-order valence-electron chi connectivity index (χ0n) is 23.9. The Hall–Kier alpha value is -5.80. The third-order valence-electron chi connectivity index (χ3n) is 6.37. The van der Waals surface area contributed by atoms with Gasteiger partial charge in [0.15, 0.2) is 11.7 Å². The number of benzene rings is 1. The summed E-state index contributed by atoms with van der Waals surface area (Å²) in [6, 6.07) is 14.0. The van der Waals surface area contributed by atoms with Crippen LogP contribution in [0.2, 0.25) is 0 Å². The molecule has 0 saturated heterocycles. The van der Waals surface area contributed by atoms with Gasteiger partial charge in [-0.25, -0.2) is 20.0 Å². The number of aliphatic imine (C=N–C) groups is 2. The number of aromatic nitrogens is 5. The molecule has 4 N–H and O–H groups in total. The van der Waals surface area contributed by atoms with Gasteiger partial charge in [0.1, 0.15) is 0 Å². The quantitative estimate of drug-likeness (QED) is 0.180. The van der Waals surface area contributed by atoms with E-state index in [2.05, 4.69) is 65.4 Å². The monoisotopic (exact) mass is 564 g/mol. The molecule has 5 rings (SSSR count). The van der Waals surface area contributed by atoms with Crippen molar-refractivity contribution in [3.05, 3.63) is 128 Å². The van der Waals surface area contributed by atoms with Crippen molar-refractivity contribution in [2.75, 3.05) is 0 Å². The molecule has 210 valence electrons. The highest BCUT2D eigenvalue weighted by Crippen LogP contribution is 2.34. The van der Waals surface area contributed by atoms with Crippen molar-refractivity contribution in [1.82, 2.24) is 24.9 Å². The fourth-order valence-electron chi connectivity index (χ4n) is 4.27. The number of nitrogens with one attached hydrogen (secondary N) is 1. The van der Waals surface area contributed by atoms with Crippen molar-refractivity contribution in [1.29, 1.82) is 5.41 Å². The maximum absolute atomic E-state index is 8.42. The standard InChI is InChI=1S/C34H29N9/c1-4-6-40-32(35)29-12-26(16-37-19-29)23-9-24(27-13-30(20-38-17-27)33(36)43-15-22(2)3)11-25(10-23)28-14-31(21-39-18-28)34-41-7-5-8-42-34/h4-21,36H,2H2,1,3H3,(H2,35,40)/p+1. The second-order valence-electron chi connectivity index (χ2n) is 9.77. The molecule has 4 heterocycles. The van der Waals surface area contributed by atoms with Gasteiger partial charge in [0.05, 0.1) is 5.56 Å². The molecule has 0 unspecified atom stereocenters. The van der Waals surface area contributed by atoms with Crippen molar-refractivity contribution < 1.29 is 5.73 Å². The fraction of sp³-hybridized carbons (Fsp3) is 0.0588. The van der Waals surface area contributed by atoms with Gasteiger partial charge in [-0.2, -0.15) is 0 Å². The Kier molecular flexibility index (Phi) is 8.84. The molecule has 0 radical (unpaired) electrons. The van der Waals surface area contributed by atoms with Crippen LogP contribution in [0.5, 0.6) is 0 Å². The summed E-state index contributed by atoms with van der Waals surface area (Å²) in [7, 11) is 0. The van der Waals surface area contributed by atoms with Crippen molar-refractivity contribution in [2.24, 2.45) is 9.98 Å². The van der Waals surface area contributed by atoms with Gasteiger partial charge in [-0.15, -0.1) is 0 Å². The lowest BCUT2D eigenvalue weighted by Gasteiger charge is -2.12. The summed E-state index contributed by atoms with van der Waals surface area (Å²) in [6.07, 6.45) is 19.1. The molecule has 0 spiro atoms. The number of hydrogen-bond acceptors (Lipinski definition) is 7. The average molecular weight is 565 g/mol. The highest BCUT2D eigenvalue weighted by molar-refractivity contribution is 6.03. The minimum Gasteiger partial charge on any atom is -0.308 e. The second kappa shape index (κ2) is 13.2. The number of quaternary nitrogens is 1. The van der Waals surface area contributed by atoms with Crippen LogP contribution in [-0.2, 0) is 0 Å². The average Bonchev–Trinajstić information content (AvgIpc) is 3.06. The first-order chi connectivity index (χ1) is 20.9. The van der Waals surface area contributed by atoms with E-state index in [0.29, 0.717) is 17.2 Å². The Morgan fingerprint density at radius 2 is 1.26 bits per heavy atom. The zero-order chi connectivity index (χ0) is 30.2. The van der Waals surface area contributed by atoms with Gasteiger partial charge in [-0.1, -0.05) is 12.7 Å². The second-order valence-corrected chi connectivity index (χ2v) is 9.77. The molecular weight excluding hydrogens is 534 g/mol. The van der Waals surface area contributed by atoms with Gasteiger partial charge in [0.25, 0.3) is 0 Å². The fourth-order valence-corrected chi connectivity index (χ4v) is 4.27. The largest absolute Gasteiger partial charge is 0.308 e. The van der Waals surface area contributed by atoms with Crippen molar-refractivity contribution in [2.45, 2.75) is 13.8 Å². The van der Waals surface area contributed by atoms with Gasteiger partial charge in [-0.05, 0) is 78.6 Å². The summed E-state index contributed by atoms with van der Waals surface area (Å²) >= 11 is 0. The van der Waals surface area contributed by atoms with Crippen molar-refractivity contribution in [3.63, 3.8) is 0 Å². The van der Waals surface area contributed by atoms with Gasteiger partial charge in [0, 0.05) is 89.8 Å². The molecule has 0 amide bonds. The highest BCUT2D eigenvalue weighted by Gasteiger charge is 2.13. The lowest BCUT2D eigenvalue weighted by molar-refractivity contribution is -0.212.